The lowest BCUT2D eigenvalue weighted by molar-refractivity contribution is -0.144. The van der Waals surface area contributed by atoms with Crippen LogP contribution in [0.1, 0.15) is 25.0 Å². The van der Waals surface area contributed by atoms with Crippen LogP contribution in [0.25, 0.3) is 0 Å². The summed E-state index contributed by atoms with van der Waals surface area (Å²) in [7, 11) is 3.07. The summed E-state index contributed by atoms with van der Waals surface area (Å²) < 4.78 is 10.6. The third kappa shape index (κ3) is 2.56. The highest BCUT2D eigenvalue weighted by Gasteiger charge is 2.47. The molecule has 0 aliphatic heterocycles. The van der Waals surface area contributed by atoms with Gasteiger partial charge in [-0.3, -0.25) is 0 Å². The molecular weight excluding hydrogens is 280 g/mol. The highest BCUT2D eigenvalue weighted by molar-refractivity contribution is 5.45. The second-order valence-corrected chi connectivity index (χ2v) is 5.54. The van der Waals surface area contributed by atoms with E-state index in [0.717, 1.165) is 0 Å². The molecule has 22 heavy (non-hydrogen) atoms. The van der Waals surface area contributed by atoms with E-state index in [1.165, 1.54) is 14.2 Å². The van der Waals surface area contributed by atoms with Gasteiger partial charge in [-0.15, -0.1) is 0 Å². The Morgan fingerprint density at radius 2 is 1.00 bits per heavy atom. The number of hydrogen-bond acceptors (Lipinski definition) is 4. The van der Waals surface area contributed by atoms with E-state index in [1.807, 2.05) is 12.1 Å². The van der Waals surface area contributed by atoms with E-state index in [2.05, 4.69) is 0 Å². The fourth-order valence-electron chi connectivity index (χ4n) is 2.62. The minimum atomic E-state index is -1.58. The Labute approximate surface area is 130 Å². The molecule has 2 rings (SSSR count). The van der Waals surface area contributed by atoms with Crippen molar-refractivity contribution in [1.29, 1.82) is 0 Å². The van der Waals surface area contributed by atoms with Crippen LogP contribution in [0, 0.1) is 0 Å². The zero-order valence-corrected chi connectivity index (χ0v) is 13.3. The minimum absolute atomic E-state index is 0.508. The summed E-state index contributed by atoms with van der Waals surface area (Å²) >= 11 is 0. The smallest absolute Gasteiger partial charge is 0.125 e. The van der Waals surface area contributed by atoms with Gasteiger partial charge in [0.1, 0.15) is 22.7 Å². The molecule has 2 aromatic rings. The first-order valence-corrected chi connectivity index (χ1v) is 7.08. The Kier molecular flexibility index (Phi) is 4.44. The third-order valence-electron chi connectivity index (χ3n) is 4.21. The molecule has 0 aromatic heterocycles. The van der Waals surface area contributed by atoms with Crippen molar-refractivity contribution in [1.82, 2.24) is 0 Å². The predicted molar refractivity (Wildman–Crippen MR) is 85.1 cm³/mol. The summed E-state index contributed by atoms with van der Waals surface area (Å²) in [5.74, 6) is 1.03. The van der Waals surface area contributed by atoms with Crippen molar-refractivity contribution in [3.05, 3.63) is 59.7 Å². The van der Waals surface area contributed by atoms with E-state index in [9.17, 15) is 10.2 Å². The molecule has 4 heteroatoms. The van der Waals surface area contributed by atoms with E-state index in [0.29, 0.717) is 22.6 Å². The highest BCUT2D eigenvalue weighted by Crippen LogP contribution is 2.45. The van der Waals surface area contributed by atoms with Crippen LogP contribution in [-0.2, 0) is 11.2 Å². The van der Waals surface area contributed by atoms with Gasteiger partial charge in [-0.25, -0.2) is 0 Å². The molecule has 2 atom stereocenters. The molecule has 2 aromatic carbocycles. The number of hydrogen-bond donors (Lipinski definition) is 2. The second-order valence-electron chi connectivity index (χ2n) is 5.54. The van der Waals surface area contributed by atoms with Crippen molar-refractivity contribution in [2.45, 2.75) is 25.0 Å². The number of benzene rings is 2. The number of para-hydroxylation sites is 2. The largest absolute Gasteiger partial charge is 0.496 e. The van der Waals surface area contributed by atoms with E-state index in [4.69, 9.17) is 9.47 Å². The normalized spacial score (nSPS) is 16.5. The maximum absolute atomic E-state index is 11.1. The molecule has 0 saturated heterocycles. The van der Waals surface area contributed by atoms with Gasteiger partial charge >= 0.3 is 0 Å². The quantitative estimate of drug-likeness (QED) is 0.891. The van der Waals surface area contributed by atoms with Crippen molar-refractivity contribution < 1.29 is 19.7 Å². The standard InChI is InChI=1S/C18H22O4/c1-17(19,13-9-5-7-11-15(13)21-3)18(2,20)14-10-6-8-12-16(14)22-4/h5-12,19-20H,1-4H3. The molecule has 0 radical (unpaired) electrons. The monoisotopic (exact) mass is 302 g/mol. The number of ether oxygens (including phenoxy) is 2. The lowest BCUT2D eigenvalue weighted by Gasteiger charge is -2.40. The molecule has 118 valence electrons. The SMILES string of the molecule is COc1ccccc1C(C)(O)C(C)(O)c1ccccc1OC. The van der Waals surface area contributed by atoms with Crippen molar-refractivity contribution in [3.8, 4) is 11.5 Å². The second kappa shape index (κ2) is 5.99. The topological polar surface area (TPSA) is 58.9 Å². The minimum Gasteiger partial charge on any atom is -0.496 e. The maximum atomic E-state index is 11.1. The van der Waals surface area contributed by atoms with Crippen molar-refractivity contribution in [2.75, 3.05) is 14.2 Å². The molecule has 2 N–H and O–H groups in total. The Morgan fingerprint density at radius 3 is 1.32 bits per heavy atom. The van der Waals surface area contributed by atoms with Gasteiger partial charge in [0.2, 0.25) is 0 Å². The summed E-state index contributed by atoms with van der Waals surface area (Å²) in [5.41, 5.74) is -2.13. The van der Waals surface area contributed by atoms with Gasteiger partial charge in [0, 0.05) is 11.1 Å². The third-order valence-corrected chi connectivity index (χ3v) is 4.21. The van der Waals surface area contributed by atoms with Gasteiger partial charge in [0.05, 0.1) is 14.2 Å². The molecule has 2 unspecified atom stereocenters. The van der Waals surface area contributed by atoms with E-state index >= 15 is 0 Å². The van der Waals surface area contributed by atoms with Crippen molar-refractivity contribution in [2.24, 2.45) is 0 Å². The molecule has 0 aliphatic carbocycles. The van der Waals surface area contributed by atoms with Gasteiger partial charge in [0.25, 0.3) is 0 Å². The fourth-order valence-corrected chi connectivity index (χ4v) is 2.62. The summed E-state index contributed by atoms with van der Waals surface area (Å²) in [6.07, 6.45) is 0. The first kappa shape index (κ1) is 16.3. The van der Waals surface area contributed by atoms with Crippen LogP contribution < -0.4 is 9.47 Å². The molecule has 0 amide bonds. The first-order valence-electron chi connectivity index (χ1n) is 7.08. The van der Waals surface area contributed by atoms with Crippen molar-refractivity contribution >= 4 is 0 Å². The summed E-state index contributed by atoms with van der Waals surface area (Å²) in [4.78, 5) is 0. The summed E-state index contributed by atoms with van der Waals surface area (Å²) in [6.45, 7) is 3.13. The lowest BCUT2D eigenvalue weighted by Crippen LogP contribution is -2.45. The van der Waals surface area contributed by atoms with Gasteiger partial charge < -0.3 is 19.7 Å². The number of rotatable bonds is 5. The Hall–Kier alpha value is -2.04. The number of aliphatic hydroxyl groups is 2. The lowest BCUT2D eigenvalue weighted by atomic mass is 9.75. The van der Waals surface area contributed by atoms with Crippen LogP contribution in [-0.4, -0.2) is 24.4 Å². The Balaban J connectivity index is 2.60. The molecule has 0 heterocycles. The van der Waals surface area contributed by atoms with E-state index in [1.54, 1.807) is 50.2 Å². The maximum Gasteiger partial charge on any atom is 0.125 e. The van der Waals surface area contributed by atoms with Gasteiger partial charge in [-0.2, -0.15) is 0 Å². The summed E-state index contributed by atoms with van der Waals surface area (Å²) in [5, 5.41) is 22.2. The van der Waals surface area contributed by atoms with Crippen LogP contribution in [0.4, 0.5) is 0 Å². The molecule has 0 bridgehead atoms. The molecule has 0 fully saturated rings. The molecule has 0 spiro atoms. The Bertz CT molecular complexity index is 590. The van der Waals surface area contributed by atoms with Crippen LogP contribution in [0.15, 0.2) is 48.5 Å². The fraction of sp³-hybridized carbons (Fsp3) is 0.333. The Morgan fingerprint density at radius 1 is 0.682 bits per heavy atom. The average molecular weight is 302 g/mol. The van der Waals surface area contributed by atoms with Crippen LogP contribution in [0.5, 0.6) is 11.5 Å². The molecule has 0 aliphatic rings. The van der Waals surface area contributed by atoms with Gasteiger partial charge in [0.15, 0.2) is 0 Å². The average Bonchev–Trinajstić information content (AvgIpc) is 2.54. The zero-order chi connectivity index (χ0) is 16.4. The molecular formula is C18H22O4. The van der Waals surface area contributed by atoms with Crippen LogP contribution >= 0.6 is 0 Å². The van der Waals surface area contributed by atoms with Gasteiger partial charge in [-0.1, -0.05) is 36.4 Å². The van der Waals surface area contributed by atoms with Crippen molar-refractivity contribution in [3.63, 3.8) is 0 Å². The molecule has 4 nitrogen and oxygen atoms in total. The van der Waals surface area contributed by atoms with Gasteiger partial charge in [-0.05, 0) is 26.0 Å². The summed E-state index contributed by atoms with van der Waals surface area (Å²) in [6, 6.07) is 14.2. The van der Waals surface area contributed by atoms with E-state index < -0.39 is 11.2 Å². The first-order chi connectivity index (χ1) is 10.4. The van der Waals surface area contributed by atoms with E-state index in [-0.39, 0.29) is 0 Å². The highest BCUT2D eigenvalue weighted by atomic mass is 16.5. The number of methoxy groups -OCH3 is 2. The van der Waals surface area contributed by atoms with Crippen LogP contribution in [0.2, 0.25) is 0 Å². The molecule has 0 saturated carbocycles. The predicted octanol–water partition coefficient (Wildman–Crippen LogP) is 2.82. The zero-order valence-electron chi connectivity index (χ0n) is 13.3. The van der Waals surface area contributed by atoms with Crippen LogP contribution in [0.3, 0.4) is 0 Å².